The summed E-state index contributed by atoms with van der Waals surface area (Å²) in [6, 6.07) is 12.3. The van der Waals surface area contributed by atoms with E-state index in [4.69, 9.17) is 18.9 Å². The van der Waals surface area contributed by atoms with E-state index in [-0.39, 0.29) is 40.6 Å². The van der Waals surface area contributed by atoms with Gasteiger partial charge in [0.15, 0.2) is 11.4 Å². The van der Waals surface area contributed by atoms with Gasteiger partial charge in [0, 0.05) is 0 Å². The Morgan fingerprint density at radius 2 is 1.11 bits per heavy atom. The number of anilines is 1. The van der Waals surface area contributed by atoms with Crippen LogP contribution in [-0.4, -0.2) is 74.8 Å². The Balaban J connectivity index is 1.63. The SMILES string of the molecule is CCC(C)OC(=O)C1=NN(c2ccc(C(=O)OC(C)CC)cc2)C(=O)\C1=C/C=C/C=C/c1c(C(=O)OC(C)CC)nn(-c2ccc(C(=O)OC(C)CC)cc2)c1O. The molecule has 2 aromatic carbocycles. The van der Waals surface area contributed by atoms with Gasteiger partial charge in [0.25, 0.3) is 5.91 Å². The number of rotatable bonds is 17. The van der Waals surface area contributed by atoms with Crippen molar-refractivity contribution in [3.05, 3.63) is 101 Å². The van der Waals surface area contributed by atoms with Crippen LogP contribution in [0.5, 0.6) is 5.88 Å². The molecule has 0 aliphatic carbocycles. The van der Waals surface area contributed by atoms with Crippen LogP contribution < -0.4 is 5.01 Å². The molecule has 3 aromatic rings. The molecule has 4 rings (SSSR count). The smallest absolute Gasteiger partial charge is 0.359 e. The summed E-state index contributed by atoms with van der Waals surface area (Å²) in [6.45, 7) is 14.6. The van der Waals surface area contributed by atoms with E-state index >= 15 is 0 Å². The molecule has 1 amide bonds. The predicted molar refractivity (Wildman–Crippen MR) is 214 cm³/mol. The molecule has 1 aromatic heterocycles. The monoisotopic (exact) mass is 782 g/mol. The number of amides is 1. The maximum Gasteiger partial charge on any atom is 0.359 e. The second kappa shape index (κ2) is 20.0. The minimum absolute atomic E-state index is 0.0434. The first-order valence-corrected chi connectivity index (χ1v) is 19.1. The molecule has 0 fully saturated rings. The van der Waals surface area contributed by atoms with Crippen molar-refractivity contribution < 1.29 is 48.0 Å². The van der Waals surface area contributed by atoms with Crippen molar-refractivity contribution >= 4 is 47.3 Å². The van der Waals surface area contributed by atoms with Crippen LogP contribution in [0.1, 0.15) is 118 Å². The summed E-state index contributed by atoms with van der Waals surface area (Å²) >= 11 is 0. The maximum absolute atomic E-state index is 13.7. The van der Waals surface area contributed by atoms with Gasteiger partial charge in [0.1, 0.15) is 0 Å². The van der Waals surface area contributed by atoms with E-state index in [1.807, 2.05) is 27.7 Å². The zero-order valence-electron chi connectivity index (χ0n) is 33.6. The fraction of sp³-hybridized carbons (Fsp3) is 0.372. The molecular formula is C43H50N4O10. The highest BCUT2D eigenvalue weighted by atomic mass is 16.6. The van der Waals surface area contributed by atoms with E-state index in [9.17, 15) is 29.1 Å². The van der Waals surface area contributed by atoms with Gasteiger partial charge in [-0.25, -0.2) is 19.2 Å². The zero-order chi connectivity index (χ0) is 41.8. The molecule has 4 unspecified atom stereocenters. The Morgan fingerprint density at radius 3 is 1.60 bits per heavy atom. The average molecular weight is 783 g/mol. The number of carbonyl (C=O) groups excluding carboxylic acids is 5. The second-order valence-electron chi connectivity index (χ2n) is 13.5. The number of ether oxygens (including phenoxy) is 4. The summed E-state index contributed by atoms with van der Waals surface area (Å²) in [4.78, 5) is 65.0. The van der Waals surface area contributed by atoms with Crippen LogP contribution in [0.4, 0.5) is 5.69 Å². The summed E-state index contributed by atoms with van der Waals surface area (Å²) < 4.78 is 22.9. The Hall–Kier alpha value is -6.31. The van der Waals surface area contributed by atoms with Crippen molar-refractivity contribution in [1.82, 2.24) is 9.78 Å². The van der Waals surface area contributed by atoms with Crippen LogP contribution in [0.3, 0.4) is 0 Å². The van der Waals surface area contributed by atoms with Gasteiger partial charge in [0.2, 0.25) is 5.88 Å². The van der Waals surface area contributed by atoms with E-state index < -0.39 is 42.0 Å². The molecule has 302 valence electrons. The first-order valence-electron chi connectivity index (χ1n) is 19.1. The maximum atomic E-state index is 13.7. The van der Waals surface area contributed by atoms with Gasteiger partial charge in [-0.05, 0) is 114 Å². The van der Waals surface area contributed by atoms with Gasteiger partial charge >= 0.3 is 23.9 Å². The highest BCUT2D eigenvalue weighted by Gasteiger charge is 2.36. The van der Waals surface area contributed by atoms with E-state index in [0.717, 1.165) is 9.69 Å². The number of allylic oxidation sites excluding steroid dienone is 4. The fourth-order valence-corrected chi connectivity index (χ4v) is 4.95. The summed E-state index contributed by atoms with van der Waals surface area (Å²) in [6.07, 6.45) is 8.43. The molecule has 0 spiro atoms. The van der Waals surface area contributed by atoms with E-state index in [0.29, 0.717) is 48.2 Å². The van der Waals surface area contributed by atoms with Crippen molar-refractivity contribution in [3.8, 4) is 11.6 Å². The Kier molecular flexibility index (Phi) is 15.3. The summed E-state index contributed by atoms with van der Waals surface area (Å²) in [5, 5.41) is 21.0. The van der Waals surface area contributed by atoms with Crippen LogP contribution in [0.25, 0.3) is 11.8 Å². The summed E-state index contributed by atoms with van der Waals surface area (Å²) in [7, 11) is 0. The molecule has 0 radical (unpaired) electrons. The number of esters is 4. The second-order valence-corrected chi connectivity index (χ2v) is 13.5. The van der Waals surface area contributed by atoms with Crippen molar-refractivity contribution in [2.45, 2.75) is 105 Å². The third-order valence-corrected chi connectivity index (χ3v) is 9.14. The molecular weight excluding hydrogens is 732 g/mol. The molecule has 1 N–H and O–H groups in total. The number of aromatic hydroxyl groups is 1. The van der Waals surface area contributed by atoms with Crippen molar-refractivity contribution in [2.24, 2.45) is 5.10 Å². The molecule has 1 aliphatic heterocycles. The van der Waals surface area contributed by atoms with Crippen LogP contribution in [0.15, 0.2) is 83.5 Å². The van der Waals surface area contributed by atoms with E-state index in [2.05, 4.69) is 10.2 Å². The topological polar surface area (TPSA) is 176 Å². The molecule has 4 atom stereocenters. The lowest BCUT2D eigenvalue weighted by Crippen LogP contribution is -2.24. The van der Waals surface area contributed by atoms with Gasteiger partial charge in [-0.2, -0.15) is 19.9 Å². The lowest BCUT2D eigenvalue weighted by molar-refractivity contribution is -0.140. The largest absolute Gasteiger partial charge is 0.493 e. The highest BCUT2D eigenvalue weighted by Crippen LogP contribution is 2.29. The summed E-state index contributed by atoms with van der Waals surface area (Å²) in [5.41, 5.74) is 0.932. The first-order chi connectivity index (χ1) is 27.2. The predicted octanol–water partition coefficient (Wildman–Crippen LogP) is 7.68. The zero-order valence-corrected chi connectivity index (χ0v) is 33.6. The van der Waals surface area contributed by atoms with Crippen molar-refractivity contribution in [1.29, 1.82) is 0 Å². The number of hydrogen-bond donors (Lipinski definition) is 1. The van der Waals surface area contributed by atoms with E-state index in [1.54, 1.807) is 39.8 Å². The summed E-state index contributed by atoms with van der Waals surface area (Å²) in [5.74, 6) is -3.51. The van der Waals surface area contributed by atoms with Crippen molar-refractivity contribution in [3.63, 3.8) is 0 Å². The Bertz CT molecular complexity index is 2060. The fourth-order valence-electron chi connectivity index (χ4n) is 4.95. The average Bonchev–Trinajstić information content (AvgIpc) is 3.72. The number of hydrazone groups is 1. The van der Waals surface area contributed by atoms with Gasteiger partial charge in [-0.1, -0.05) is 45.9 Å². The third-order valence-electron chi connectivity index (χ3n) is 9.14. The molecule has 0 saturated carbocycles. The molecule has 0 bridgehead atoms. The molecule has 14 heteroatoms. The van der Waals surface area contributed by atoms with Crippen molar-refractivity contribution in [2.75, 3.05) is 5.01 Å². The van der Waals surface area contributed by atoms with Gasteiger partial charge in [0.05, 0.1) is 58.1 Å². The Morgan fingerprint density at radius 1 is 0.649 bits per heavy atom. The van der Waals surface area contributed by atoms with Crippen LogP contribution in [0.2, 0.25) is 0 Å². The minimum atomic E-state index is -0.786. The quantitative estimate of drug-likeness (QED) is 0.0615. The molecule has 14 nitrogen and oxygen atoms in total. The van der Waals surface area contributed by atoms with Gasteiger partial charge < -0.3 is 24.1 Å². The Labute approximate surface area is 332 Å². The number of nitrogens with zero attached hydrogens (tertiary/aromatic N) is 4. The molecule has 2 heterocycles. The molecule has 57 heavy (non-hydrogen) atoms. The minimum Gasteiger partial charge on any atom is -0.493 e. The van der Waals surface area contributed by atoms with Gasteiger partial charge in [-0.3, -0.25) is 4.79 Å². The molecule has 0 saturated heterocycles. The number of aromatic nitrogens is 2. The number of carbonyl (C=O) groups is 5. The van der Waals surface area contributed by atoms with Gasteiger partial charge in [-0.15, -0.1) is 0 Å². The van der Waals surface area contributed by atoms with E-state index in [1.165, 1.54) is 66.8 Å². The lowest BCUT2D eigenvalue weighted by atomic mass is 10.1. The highest BCUT2D eigenvalue weighted by molar-refractivity contribution is 6.53. The lowest BCUT2D eigenvalue weighted by Gasteiger charge is -2.13. The van der Waals surface area contributed by atoms with Crippen LogP contribution in [0, 0.1) is 0 Å². The number of benzene rings is 2. The van der Waals surface area contributed by atoms with Crippen LogP contribution >= 0.6 is 0 Å². The standard InChI is InChI=1S/C43H50N4O10/c1-9-26(5)54-40(50)30-18-22-32(23-19-30)46-38(48)34(36(44-46)42(52)56-28(7)11-3)16-14-13-15-17-35-37(43(53)57-29(8)12-4)45-47(39(35)49)33-24-20-31(21-25-33)41(51)55-27(6)10-2/h13-29,48H,9-12H2,1-8H3/b15-13+,16-14+,35-17-. The number of hydrogen-bond acceptors (Lipinski definition) is 12. The third kappa shape index (κ3) is 10.9. The first kappa shape index (κ1) is 43.4. The van der Waals surface area contributed by atoms with Crippen LogP contribution in [-0.2, 0) is 28.5 Å². The normalized spacial score (nSPS) is 15.7. The molecule has 1 aliphatic rings.